The Balaban J connectivity index is 1.94. The molecule has 6 heteroatoms. The zero-order chi connectivity index (χ0) is 14.4. The van der Waals surface area contributed by atoms with Gasteiger partial charge in [0.1, 0.15) is 0 Å². The fourth-order valence-electron chi connectivity index (χ4n) is 2.38. The van der Waals surface area contributed by atoms with Crippen molar-refractivity contribution < 1.29 is 9.90 Å². The lowest BCUT2D eigenvalue weighted by atomic mass is 10.2. The largest absolute Gasteiger partial charge is 0.475 e. The molecule has 6 nitrogen and oxygen atoms in total. The van der Waals surface area contributed by atoms with Gasteiger partial charge in [0, 0.05) is 17.5 Å². The van der Waals surface area contributed by atoms with Crippen LogP contribution in [0.1, 0.15) is 35.1 Å². The first-order valence-corrected chi connectivity index (χ1v) is 6.78. The third-order valence-corrected chi connectivity index (χ3v) is 3.60. The Morgan fingerprint density at radius 2 is 2.00 bits per heavy atom. The van der Waals surface area contributed by atoms with E-state index in [0.29, 0.717) is 17.3 Å². The highest BCUT2D eigenvalue weighted by molar-refractivity contribution is 5.91. The molecule has 1 aromatic carbocycles. The fraction of sp³-hybridized carbons (Fsp3) is 0.200. The van der Waals surface area contributed by atoms with Gasteiger partial charge in [-0.25, -0.2) is 19.4 Å². The van der Waals surface area contributed by atoms with Gasteiger partial charge in [0.25, 0.3) is 0 Å². The van der Waals surface area contributed by atoms with E-state index < -0.39 is 5.97 Å². The van der Waals surface area contributed by atoms with Crippen LogP contribution < -0.4 is 0 Å². The second-order valence-electron chi connectivity index (χ2n) is 5.15. The van der Waals surface area contributed by atoms with Gasteiger partial charge in [0.05, 0.1) is 11.2 Å². The Morgan fingerprint density at radius 3 is 2.76 bits per heavy atom. The molecule has 3 aromatic rings. The van der Waals surface area contributed by atoms with Crippen LogP contribution in [0.15, 0.2) is 36.5 Å². The van der Waals surface area contributed by atoms with Crippen LogP contribution in [0.2, 0.25) is 0 Å². The molecule has 4 rings (SSSR count). The van der Waals surface area contributed by atoms with Crippen molar-refractivity contribution >= 4 is 16.9 Å². The van der Waals surface area contributed by atoms with Gasteiger partial charge in [-0.3, -0.25) is 0 Å². The summed E-state index contributed by atoms with van der Waals surface area (Å²) in [6.45, 7) is 0. The molecule has 2 heterocycles. The smallest absolute Gasteiger partial charge is 0.374 e. The number of carbonyl (C=O) groups is 1. The van der Waals surface area contributed by atoms with Crippen molar-refractivity contribution in [1.29, 1.82) is 0 Å². The van der Waals surface area contributed by atoms with Crippen molar-refractivity contribution in [3.8, 4) is 5.82 Å². The third-order valence-electron chi connectivity index (χ3n) is 3.60. The van der Waals surface area contributed by atoms with E-state index in [0.717, 1.165) is 11.1 Å². The summed E-state index contributed by atoms with van der Waals surface area (Å²) in [5.74, 6) is -0.313. The highest BCUT2D eigenvalue weighted by atomic mass is 16.4. The number of aromatic nitrogens is 4. The maximum Gasteiger partial charge on any atom is 0.374 e. The van der Waals surface area contributed by atoms with Crippen molar-refractivity contribution in [1.82, 2.24) is 19.7 Å². The highest BCUT2D eigenvalue weighted by Gasteiger charge is 2.26. The molecule has 1 N–H and O–H groups in total. The van der Waals surface area contributed by atoms with Gasteiger partial charge in [0.15, 0.2) is 5.82 Å². The minimum atomic E-state index is -1.14. The minimum absolute atomic E-state index is 0.216. The van der Waals surface area contributed by atoms with Crippen molar-refractivity contribution in [3.63, 3.8) is 0 Å². The molecule has 0 spiro atoms. The normalized spacial score (nSPS) is 14.5. The third kappa shape index (κ3) is 2.05. The van der Waals surface area contributed by atoms with E-state index in [-0.39, 0.29) is 5.82 Å². The van der Waals surface area contributed by atoms with E-state index in [2.05, 4.69) is 15.1 Å². The van der Waals surface area contributed by atoms with Gasteiger partial charge in [-0.15, -0.1) is 0 Å². The number of carboxylic acid groups (broad SMARTS) is 1. The van der Waals surface area contributed by atoms with E-state index >= 15 is 0 Å². The quantitative estimate of drug-likeness (QED) is 0.796. The predicted molar refractivity (Wildman–Crippen MR) is 75.6 cm³/mol. The molecule has 1 fully saturated rings. The molecule has 0 atom stereocenters. The van der Waals surface area contributed by atoms with Crippen LogP contribution in [0.3, 0.4) is 0 Å². The number of rotatable bonds is 3. The van der Waals surface area contributed by atoms with Gasteiger partial charge in [-0.2, -0.15) is 5.10 Å². The second-order valence-corrected chi connectivity index (χ2v) is 5.15. The number of benzene rings is 1. The Labute approximate surface area is 120 Å². The Kier molecular flexibility index (Phi) is 2.50. The van der Waals surface area contributed by atoms with Crippen LogP contribution in [0, 0.1) is 0 Å². The summed E-state index contributed by atoms with van der Waals surface area (Å²) in [5.41, 5.74) is 1.64. The molecule has 0 aliphatic heterocycles. The minimum Gasteiger partial charge on any atom is -0.475 e. The maximum atomic E-state index is 11.2. The molecule has 1 aliphatic carbocycles. The number of hydrogen-bond acceptors (Lipinski definition) is 4. The summed E-state index contributed by atoms with van der Waals surface area (Å²) in [5, 5.41) is 14.5. The molecule has 0 amide bonds. The van der Waals surface area contributed by atoms with Crippen molar-refractivity contribution in [3.05, 3.63) is 48.0 Å². The molecule has 1 saturated carbocycles. The maximum absolute atomic E-state index is 11.2. The average molecular weight is 280 g/mol. The molecule has 2 aromatic heterocycles. The molecule has 1 aliphatic rings. The van der Waals surface area contributed by atoms with Gasteiger partial charge < -0.3 is 5.11 Å². The van der Waals surface area contributed by atoms with Crippen LogP contribution in [0.5, 0.6) is 0 Å². The van der Waals surface area contributed by atoms with Crippen LogP contribution in [0.4, 0.5) is 0 Å². The lowest BCUT2D eigenvalue weighted by Gasteiger charge is -2.06. The summed E-state index contributed by atoms with van der Waals surface area (Å²) in [7, 11) is 0. The summed E-state index contributed by atoms with van der Waals surface area (Å²) in [6.07, 6.45) is 4.16. The van der Waals surface area contributed by atoms with Gasteiger partial charge >= 0.3 is 5.97 Å². The number of para-hydroxylation sites is 1. The second kappa shape index (κ2) is 4.37. The van der Waals surface area contributed by atoms with Crippen LogP contribution in [0.25, 0.3) is 16.7 Å². The van der Waals surface area contributed by atoms with E-state index in [1.54, 1.807) is 10.7 Å². The van der Waals surface area contributed by atoms with Crippen LogP contribution in [-0.4, -0.2) is 30.8 Å². The van der Waals surface area contributed by atoms with E-state index in [1.807, 2.05) is 30.5 Å². The SMILES string of the molecule is O=C(O)c1nc(-n2ccc(C3CC3)n2)c2ccccc2n1. The zero-order valence-corrected chi connectivity index (χ0v) is 11.1. The van der Waals surface area contributed by atoms with E-state index in [4.69, 9.17) is 5.11 Å². The number of aromatic carboxylic acids is 1. The molecule has 0 unspecified atom stereocenters. The molecular formula is C15H12N4O2. The van der Waals surface area contributed by atoms with Crippen LogP contribution >= 0.6 is 0 Å². The zero-order valence-electron chi connectivity index (χ0n) is 11.1. The standard InChI is InChI=1S/C15H12N4O2/c20-15(21)13-16-12-4-2-1-3-10(12)14(17-13)19-8-7-11(18-19)9-5-6-9/h1-4,7-9H,5-6H2,(H,20,21). The summed E-state index contributed by atoms with van der Waals surface area (Å²) < 4.78 is 1.64. The van der Waals surface area contributed by atoms with Gasteiger partial charge in [-0.05, 0) is 31.0 Å². The van der Waals surface area contributed by atoms with Crippen molar-refractivity contribution in [2.75, 3.05) is 0 Å². The first kappa shape index (κ1) is 12.0. The summed E-state index contributed by atoms with van der Waals surface area (Å²) in [4.78, 5) is 19.4. The van der Waals surface area contributed by atoms with Crippen molar-refractivity contribution in [2.24, 2.45) is 0 Å². The number of hydrogen-bond donors (Lipinski definition) is 1. The van der Waals surface area contributed by atoms with Crippen LogP contribution in [-0.2, 0) is 0 Å². The Bertz CT molecular complexity index is 852. The van der Waals surface area contributed by atoms with E-state index in [1.165, 1.54) is 12.8 Å². The number of nitrogens with zero attached hydrogens (tertiary/aromatic N) is 4. The summed E-state index contributed by atoms with van der Waals surface area (Å²) in [6, 6.07) is 9.31. The lowest BCUT2D eigenvalue weighted by Crippen LogP contribution is -2.09. The highest BCUT2D eigenvalue weighted by Crippen LogP contribution is 2.39. The molecule has 104 valence electrons. The first-order chi connectivity index (χ1) is 10.2. The number of fused-ring (bicyclic) bond motifs is 1. The average Bonchev–Trinajstić information content (AvgIpc) is 3.24. The van der Waals surface area contributed by atoms with Gasteiger partial charge in [-0.1, -0.05) is 12.1 Å². The molecule has 0 saturated heterocycles. The lowest BCUT2D eigenvalue weighted by molar-refractivity contribution is 0.0684. The first-order valence-electron chi connectivity index (χ1n) is 6.78. The van der Waals surface area contributed by atoms with Crippen molar-refractivity contribution in [2.45, 2.75) is 18.8 Å². The fourth-order valence-corrected chi connectivity index (χ4v) is 2.38. The number of carboxylic acids is 1. The van der Waals surface area contributed by atoms with Gasteiger partial charge in [0.2, 0.25) is 5.82 Å². The molecule has 21 heavy (non-hydrogen) atoms. The topological polar surface area (TPSA) is 80.9 Å². The molecular weight excluding hydrogens is 268 g/mol. The molecule has 0 radical (unpaired) electrons. The van der Waals surface area contributed by atoms with E-state index in [9.17, 15) is 4.79 Å². The Morgan fingerprint density at radius 1 is 1.19 bits per heavy atom. The monoisotopic (exact) mass is 280 g/mol. The summed E-state index contributed by atoms with van der Waals surface area (Å²) >= 11 is 0. The Hall–Kier alpha value is -2.76. The predicted octanol–water partition coefficient (Wildman–Crippen LogP) is 2.39. The molecule has 0 bridgehead atoms.